The Balaban J connectivity index is 2.87. The van der Waals surface area contributed by atoms with Crippen LogP contribution in [0.5, 0.6) is 0 Å². The fourth-order valence-corrected chi connectivity index (χ4v) is 1.04. The molecule has 0 amide bonds. The van der Waals surface area contributed by atoms with Crippen LogP contribution in [0, 0.1) is 0 Å². The number of nitrogens with zero attached hydrogens (tertiary/aromatic N) is 1. The van der Waals surface area contributed by atoms with Gasteiger partial charge < -0.3 is 9.51 Å². The van der Waals surface area contributed by atoms with E-state index in [-0.39, 0.29) is 5.69 Å². The Labute approximate surface area is 79.0 Å². The van der Waals surface area contributed by atoms with Gasteiger partial charge in [0.2, 0.25) is 0 Å². The van der Waals surface area contributed by atoms with Crippen LogP contribution in [0.15, 0.2) is 29.9 Å². The molecule has 0 saturated heterocycles. The van der Waals surface area contributed by atoms with E-state index in [1.165, 1.54) is 0 Å². The SMILES string of the molecule is O=c1[nH]cc(-n2c(=O)[nH]oc2=O)c(=O)[nH]1. The third-order valence-corrected chi connectivity index (χ3v) is 1.65. The van der Waals surface area contributed by atoms with Crippen molar-refractivity contribution in [1.82, 2.24) is 19.7 Å². The number of rotatable bonds is 1. The second kappa shape index (κ2) is 2.97. The fourth-order valence-electron chi connectivity index (χ4n) is 1.04. The van der Waals surface area contributed by atoms with Crippen LogP contribution in [0.2, 0.25) is 0 Å². The first kappa shape index (κ1) is 8.99. The monoisotopic (exact) mass is 212 g/mol. The normalized spacial score (nSPS) is 10.4. The molecule has 15 heavy (non-hydrogen) atoms. The maximum Gasteiger partial charge on any atom is 0.447 e. The van der Waals surface area contributed by atoms with Gasteiger partial charge in [-0.25, -0.2) is 14.4 Å². The molecule has 0 saturated carbocycles. The summed E-state index contributed by atoms with van der Waals surface area (Å²) in [6.07, 6.45) is 0.938. The minimum atomic E-state index is -1.04. The fraction of sp³-hybridized carbons (Fsp3) is 0. The van der Waals surface area contributed by atoms with Gasteiger partial charge in [0, 0.05) is 6.20 Å². The molecule has 3 N–H and O–H groups in total. The Morgan fingerprint density at radius 2 is 1.93 bits per heavy atom. The lowest BCUT2D eigenvalue weighted by molar-refractivity contribution is 0.379. The molecule has 9 nitrogen and oxygen atoms in total. The average Bonchev–Trinajstić information content (AvgIpc) is 2.48. The standard InChI is InChI=1S/C6H4N4O5/c11-3-2(1-7-4(12)8-3)10-5(13)9-15-6(10)14/h1H,(H,9,13)(H2,7,8,11,12). The van der Waals surface area contributed by atoms with Crippen molar-refractivity contribution in [3.8, 4) is 5.69 Å². The molecule has 2 rings (SSSR count). The molecule has 0 spiro atoms. The first-order valence-corrected chi connectivity index (χ1v) is 3.72. The maximum absolute atomic E-state index is 11.2. The molecule has 0 unspecified atom stereocenters. The van der Waals surface area contributed by atoms with Gasteiger partial charge in [0.25, 0.3) is 5.56 Å². The number of aromatic nitrogens is 4. The first-order chi connectivity index (χ1) is 7.09. The van der Waals surface area contributed by atoms with Gasteiger partial charge in [0.15, 0.2) is 0 Å². The van der Waals surface area contributed by atoms with Crippen molar-refractivity contribution < 1.29 is 4.52 Å². The smallest absolute Gasteiger partial charge is 0.319 e. The van der Waals surface area contributed by atoms with Gasteiger partial charge in [0.05, 0.1) is 0 Å². The summed E-state index contributed by atoms with van der Waals surface area (Å²) in [5.74, 6) is -1.04. The Kier molecular flexibility index (Phi) is 1.78. The zero-order valence-corrected chi connectivity index (χ0v) is 7.07. The van der Waals surface area contributed by atoms with E-state index in [9.17, 15) is 19.2 Å². The molecule has 0 aliphatic carbocycles. The van der Waals surface area contributed by atoms with Crippen molar-refractivity contribution in [2.45, 2.75) is 0 Å². The summed E-state index contributed by atoms with van der Waals surface area (Å²) in [6.45, 7) is 0. The summed E-state index contributed by atoms with van der Waals surface area (Å²) < 4.78 is 4.61. The molecule has 0 radical (unpaired) electrons. The van der Waals surface area contributed by atoms with Gasteiger partial charge in [-0.3, -0.25) is 9.78 Å². The van der Waals surface area contributed by atoms with Crippen LogP contribution in [-0.4, -0.2) is 19.7 Å². The predicted molar refractivity (Wildman–Crippen MR) is 46.2 cm³/mol. The van der Waals surface area contributed by atoms with E-state index in [1.807, 2.05) is 4.98 Å². The summed E-state index contributed by atoms with van der Waals surface area (Å²) in [4.78, 5) is 47.9. The minimum absolute atomic E-state index is 0.324. The Hall–Kier alpha value is -2.58. The molecule has 2 aromatic heterocycles. The number of hydrogen-bond donors (Lipinski definition) is 3. The van der Waals surface area contributed by atoms with E-state index in [1.54, 1.807) is 5.16 Å². The van der Waals surface area contributed by atoms with Crippen molar-refractivity contribution >= 4 is 0 Å². The lowest BCUT2D eigenvalue weighted by Gasteiger charge is -1.93. The highest BCUT2D eigenvalue weighted by Gasteiger charge is 2.11. The summed E-state index contributed by atoms with van der Waals surface area (Å²) in [5, 5.41) is 1.75. The van der Waals surface area contributed by atoms with Gasteiger partial charge in [-0.05, 0) is 0 Å². The molecule has 0 fully saturated rings. The Morgan fingerprint density at radius 1 is 1.20 bits per heavy atom. The largest absolute Gasteiger partial charge is 0.447 e. The maximum atomic E-state index is 11.2. The number of H-pyrrole nitrogens is 3. The van der Waals surface area contributed by atoms with Crippen LogP contribution in [0.1, 0.15) is 0 Å². The summed E-state index contributed by atoms with van der Waals surface area (Å²) >= 11 is 0. The average molecular weight is 212 g/mol. The van der Waals surface area contributed by atoms with E-state index in [2.05, 4.69) is 9.51 Å². The van der Waals surface area contributed by atoms with Crippen molar-refractivity contribution in [1.29, 1.82) is 0 Å². The van der Waals surface area contributed by atoms with Gasteiger partial charge in [-0.1, -0.05) is 0 Å². The second-order valence-corrected chi connectivity index (χ2v) is 2.57. The van der Waals surface area contributed by atoms with Crippen LogP contribution in [0.4, 0.5) is 0 Å². The summed E-state index contributed by atoms with van der Waals surface area (Å²) in [7, 11) is 0. The number of hydrogen-bond acceptors (Lipinski definition) is 5. The van der Waals surface area contributed by atoms with Crippen molar-refractivity contribution in [2.75, 3.05) is 0 Å². The summed E-state index contributed by atoms with van der Waals surface area (Å²) in [5.41, 5.74) is -2.84. The van der Waals surface area contributed by atoms with E-state index in [4.69, 9.17) is 0 Å². The van der Waals surface area contributed by atoms with Crippen LogP contribution in [-0.2, 0) is 0 Å². The Bertz CT molecular complexity index is 683. The number of nitrogens with one attached hydrogen (secondary N) is 3. The topological polar surface area (TPSA) is 134 Å². The van der Waals surface area contributed by atoms with Crippen LogP contribution < -0.4 is 22.7 Å². The molecule has 78 valence electrons. The summed E-state index contributed by atoms with van der Waals surface area (Å²) in [6, 6.07) is 0. The third kappa shape index (κ3) is 1.35. The molecule has 2 aromatic rings. The molecular weight excluding hydrogens is 208 g/mol. The highest BCUT2D eigenvalue weighted by molar-refractivity contribution is 5.22. The van der Waals surface area contributed by atoms with Crippen LogP contribution >= 0.6 is 0 Å². The van der Waals surface area contributed by atoms with Gasteiger partial charge in [-0.15, -0.1) is 0 Å². The zero-order valence-electron chi connectivity index (χ0n) is 7.07. The quantitative estimate of drug-likeness (QED) is 0.480. The van der Waals surface area contributed by atoms with Crippen LogP contribution in [0.25, 0.3) is 5.69 Å². The third-order valence-electron chi connectivity index (χ3n) is 1.65. The molecule has 0 aromatic carbocycles. The van der Waals surface area contributed by atoms with Gasteiger partial charge >= 0.3 is 17.1 Å². The first-order valence-electron chi connectivity index (χ1n) is 3.72. The highest BCUT2D eigenvalue weighted by atomic mass is 16.5. The van der Waals surface area contributed by atoms with Gasteiger partial charge in [0.1, 0.15) is 5.69 Å². The zero-order chi connectivity index (χ0) is 11.0. The van der Waals surface area contributed by atoms with Gasteiger partial charge in [-0.2, -0.15) is 9.72 Å². The predicted octanol–water partition coefficient (Wildman–Crippen LogP) is -2.50. The number of aromatic amines is 3. The van der Waals surface area contributed by atoms with E-state index in [0.29, 0.717) is 4.57 Å². The minimum Gasteiger partial charge on any atom is -0.319 e. The molecule has 0 aliphatic heterocycles. The highest BCUT2D eigenvalue weighted by Crippen LogP contribution is 1.85. The molecular formula is C6H4N4O5. The molecule has 9 heteroatoms. The lowest BCUT2D eigenvalue weighted by Crippen LogP contribution is -2.33. The van der Waals surface area contributed by atoms with E-state index in [0.717, 1.165) is 6.20 Å². The van der Waals surface area contributed by atoms with Crippen molar-refractivity contribution in [2.24, 2.45) is 0 Å². The second-order valence-electron chi connectivity index (χ2n) is 2.57. The van der Waals surface area contributed by atoms with Crippen LogP contribution in [0.3, 0.4) is 0 Å². The van der Waals surface area contributed by atoms with Crippen molar-refractivity contribution in [3.63, 3.8) is 0 Å². The van der Waals surface area contributed by atoms with E-state index >= 15 is 0 Å². The molecule has 2 heterocycles. The molecule has 0 atom stereocenters. The Morgan fingerprint density at radius 3 is 2.47 bits per heavy atom. The lowest BCUT2D eigenvalue weighted by atomic mass is 10.5. The molecule has 0 bridgehead atoms. The van der Waals surface area contributed by atoms with E-state index < -0.39 is 22.7 Å². The van der Waals surface area contributed by atoms with Crippen molar-refractivity contribution in [3.05, 3.63) is 48.1 Å². The molecule has 0 aliphatic rings.